The van der Waals surface area contributed by atoms with Gasteiger partial charge in [0.1, 0.15) is 0 Å². The molecule has 4 N–H and O–H groups in total. The molecule has 0 saturated heterocycles. The monoisotopic (exact) mass is 442 g/mol. The first kappa shape index (κ1) is 21.2. The molecule has 0 aliphatic heterocycles. The van der Waals surface area contributed by atoms with Crippen LogP contribution in [0.5, 0.6) is 5.75 Å². The van der Waals surface area contributed by atoms with Crippen LogP contribution in [0.25, 0.3) is 0 Å². The second-order valence-electron chi connectivity index (χ2n) is 6.63. The number of phenols is 1. The molecular weight excluding hydrogens is 424 g/mol. The number of nitrogens with one attached hydrogen (secondary N) is 3. The summed E-state index contributed by atoms with van der Waals surface area (Å²) in [5.41, 5.74) is 3.98. The summed E-state index contributed by atoms with van der Waals surface area (Å²) in [7, 11) is 0. The smallest absolute Gasteiger partial charge is 0.311 e. The lowest BCUT2D eigenvalue weighted by Gasteiger charge is -2.10. The number of hydrogen-bond donors (Lipinski definition) is 4. The number of rotatable bonds is 8. The van der Waals surface area contributed by atoms with Crippen molar-refractivity contribution in [3.05, 3.63) is 94.5 Å². The molecule has 164 valence electrons. The van der Waals surface area contributed by atoms with Gasteiger partial charge in [-0.15, -0.1) is 0 Å². The summed E-state index contributed by atoms with van der Waals surface area (Å²) in [6.07, 6.45) is 1.24. The number of nitro benzene ring substituents is 1. The van der Waals surface area contributed by atoms with E-state index >= 15 is 0 Å². The average molecular weight is 442 g/mol. The van der Waals surface area contributed by atoms with Gasteiger partial charge in [-0.2, -0.15) is 20.1 Å². The van der Waals surface area contributed by atoms with E-state index < -0.39 is 16.4 Å². The van der Waals surface area contributed by atoms with Crippen molar-refractivity contribution in [1.82, 2.24) is 15.0 Å². The molecule has 0 aliphatic carbocycles. The zero-order chi connectivity index (χ0) is 23.0. The SMILES string of the molecule is O=[N+]([O-])c1cccc(C=NNc2nc(Nc3ccccc3)nc(Nc3ccccc3)n2)c1O. The Morgan fingerprint density at radius 1 is 0.788 bits per heavy atom. The lowest BCUT2D eigenvalue weighted by Crippen LogP contribution is -2.07. The fraction of sp³-hybridized carbons (Fsp3) is 0. The molecule has 0 atom stereocenters. The molecule has 0 radical (unpaired) electrons. The number of anilines is 5. The molecule has 4 rings (SSSR count). The van der Waals surface area contributed by atoms with Crippen LogP contribution in [0.1, 0.15) is 5.56 Å². The number of phenolic OH excluding ortho intramolecular Hbond substituents is 1. The number of nitro groups is 1. The minimum atomic E-state index is -0.671. The van der Waals surface area contributed by atoms with Gasteiger partial charge in [0.05, 0.1) is 11.1 Å². The first-order valence-electron chi connectivity index (χ1n) is 9.74. The Balaban J connectivity index is 1.59. The molecule has 11 heteroatoms. The summed E-state index contributed by atoms with van der Waals surface area (Å²) >= 11 is 0. The highest BCUT2D eigenvalue weighted by Crippen LogP contribution is 2.28. The highest BCUT2D eigenvalue weighted by molar-refractivity contribution is 5.85. The average Bonchev–Trinajstić information content (AvgIpc) is 2.81. The van der Waals surface area contributed by atoms with E-state index in [9.17, 15) is 15.2 Å². The molecular formula is C22H18N8O3. The van der Waals surface area contributed by atoms with Crippen molar-refractivity contribution >= 4 is 41.1 Å². The van der Waals surface area contributed by atoms with E-state index in [4.69, 9.17) is 0 Å². The van der Waals surface area contributed by atoms with E-state index in [0.717, 1.165) is 11.4 Å². The number of para-hydroxylation sites is 3. The Labute approximate surface area is 188 Å². The fourth-order valence-corrected chi connectivity index (χ4v) is 2.80. The van der Waals surface area contributed by atoms with Gasteiger partial charge < -0.3 is 15.7 Å². The predicted octanol–water partition coefficient (Wildman–Crippen LogP) is 4.42. The molecule has 0 bridgehead atoms. The van der Waals surface area contributed by atoms with Crippen LogP contribution in [0, 0.1) is 10.1 Å². The summed E-state index contributed by atoms with van der Waals surface area (Å²) in [5, 5.41) is 31.2. The molecule has 4 aromatic rings. The van der Waals surface area contributed by atoms with Crippen LogP contribution in [0.15, 0.2) is 84.0 Å². The zero-order valence-electron chi connectivity index (χ0n) is 17.1. The van der Waals surface area contributed by atoms with E-state index in [0.29, 0.717) is 0 Å². The Bertz CT molecular complexity index is 1220. The van der Waals surface area contributed by atoms with Crippen molar-refractivity contribution in [2.75, 3.05) is 16.1 Å². The van der Waals surface area contributed by atoms with Gasteiger partial charge in [0.2, 0.25) is 23.6 Å². The predicted molar refractivity (Wildman–Crippen MR) is 125 cm³/mol. The summed E-state index contributed by atoms with van der Waals surface area (Å²) in [6.45, 7) is 0. The Hall–Kier alpha value is -5.06. The molecule has 11 nitrogen and oxygen atoms in total. The number of nitrogens with zero attached hydrogens (tertiary/aromatic N) is 5. The molecule has 0 saturated carbocycles. The van der Waals surface area contributed by atoms with Crippen LogP contribution >= 0.6 is 0 Å². The molecule has 3 aromatic carbocycles. The highest BCUT2D eigenvalue weighted by atomic mass is 16.6. The maximum Gasteiger partial charge on any atom is 0.311 e. The van der Waals surface area contributed by atoms with Crippen molar-refractivity contribution in [3.63, 3.8) is 0 Å². The Morgan fingerprint density at radius 3 is 1.88 bits per heavy atom. The fourth-order valence-electron chi connectivity index (χ4n) is 2.80. The third-order valence-corrected chi connectivity index (χ3v) is 4.31. The van der Waals surface area contributed by atoms with Gasteiger partial charge >= 0.3 is 5.69 Å². The van der Waals surface area contributed by atoms with Crippen LogP contribution in [-0.2, 0) is 0 Å². The minimum Gasteiger partial charge on any atom is -0.502 e. The lowest BCUT2D eigenvalue weighted by atomic mass is 10.2. The number of hydrazone groups is 1. The molecule has 0 spiro atoms. The summed E-state index contributed by atoms with van der Waals surface area (Å²) in [4.78, 5) is 23.3. The standard InChI is InChI=1S/C22H18N8O3/c31-19-15(8-7-13-18(19)30(32)33)14-23-29-22-27-20(24-16-9-3-1-4-10-16)26-21(28-22)25-17-11-5-2-6-12-17/h1-14,31H,(H3,24,25,26,27,28,29). The van der Waals surface area contributed by atoms with Crippen LogP contribution in [0.4, 0.5) is 34.9 Å². The number of aromatic hydroxyl groups is 1. The number of benzene rings is 3. The normalized spacial score (nSPS) is 10.7. The maximum absolute atomic E-state index is 11.0. The van der Waals surface area contributed by atoms with Crippen molar-refractivity contribution in [3.8, 4) is 5.75 Å². The first-order chi connectivity index (χ1) is 16.1. The van der Waals surface area contributed by atoms with Crippen molar-refractivity contribution in [2.45, 2.75) is 0 Å². The highest BCUT2D eigenvalue weighted by Gasteiger charge is 2.15. The third-order valence-electron chi connectivity index (χ3n) is 4.31. The van der Waals surface area contributed by atoms with Gasteiger partial charge in [-0.1, -0.05) is 42.5 Å². The van der Waals surface area contributed by atoms with Crippen LogP contribution < -0.4 is 16.1 Å². The topological polar surface area (TPSA) is 150 Å². The van der Waals surface area contributed by atoms with E-state index in [1.165, 1.54) is 24.4 Å². The second-order valence-corrected chi connectivity index (χ2v) is 6.63. The Morgan fingerprint density at radius 2 is 1.33 bits per heavy atom. The number of aromatic nitrogens is 3. The van der Waals surface area contributed by atoms with Crippen molar-refractivity contribution in [1.29, 1.82) is 0 Å². The Kier molecular flexibility index (Phi) is 6.31. The van der Waals surface area contributed by atoms with Gasteiger partial charge in [0.15, 0.2) is 0 Å². The molecule has 1 heterocycles. The summed E-state index contributed by atoms with van der Waals surface area (Å²) < 4.78 is 0. The van der Waals surface area contributed by atoms with Crippen LogP contribution in [0.3, 0.4) is 0 Å². The molecule has 0 aliphatic rings. The largest absolute Gasteiger partial charge is 0.502 e. The molecule has 0 unspecified atom stereocenters. The second kappa shape index (κ2) is 9.83. The third kappa shape index (κ3) is 5.55. The summed E-state index contributed by atoms with van der Waals surface area (Å²) in [6, 6.07) is 22.9. The quantitative estimate of drug-likeness (QED) is 0.177. The molecule has 33 heavy (non-hydrogen) atoms. The minimum absolute atomic E-state index is 0.114. The van der Waals surface area contributed by atoms with E-state index in [-0.39, 0.29) is 23.4 Å². The van der Waals surface area contributed by atoms with Gasteiger partial charge in [-0.3, -0.25) is 10.1 Å². The van der Waals surface area contributed by atoms with Gasteiger partial charge in [0, 0.05) is 23.0 Å². The summed E-state index contributed by atoms with van der Waals surface area (Å²) in [5.74, 6) is 0.167. The van der Waals surface area contributed by atoms with Gasteiger partial charge in [0.25, 0.3) is 0 Å². The first-order valence-corrected chi connectivity index (χ1v) is 9.74. The van der Waals surface area contributed by atoms with Crippen molar-refractivity contribution < 1.29 is 10.0 Å². The molecule has 0 amide bonds. The van der Waals surface area contributed by atoms with Crippen molar-refractivity contribution in [2.24, 2.45) is 5.10 Å². The zero-order valence-corrected chi connectivity index (χ0v) is 17.1. The van der Waals surface area contributed by atoms with Crippen LogP contribution in [0.2, 0.25) is 0 Å². The molecule has 1 aromatic heterocycles. The van der Waals surface area contributed by atoms with E-state index in [1.54, 1.807) is 0 Å². The number of hydrogen-bond acceptors (Lipinski definition) is 10. The molecule has 0 fully saturated rings. The van der Waals surface area contributed by atoms with Crippen LogP contribution in [-0.4, -0.2) is 31.2 Å². The van der Waals surface area contributed by atoms with Gasteiger partial charge in [-0.05, 0) is 30.3 Å². The van der Waals surface area contributed by atoms with E-state index in [2.05, 4.69) is 36.1 Å². The maximum atomic E-state index is 11.0. The van der Waals surface area contributed by atoms with Gasteiger partial charge in [-0.25, -0.2) is 5.43 Å². The lowest BCUT2D eigenvalue weighted by molar-refractivity contribution is -0.385. The van der Waals surface area contributed by atoms with E-state index in [1.807, 2.05) is 60.7 Å².